The number of carboxylic acid groups (broad SMARTS) is 1. The van der Waals surface area contributed by atoms with Crippen LogP contribution in [0.1, 0.15) is 24.2 Å². The summed E-state index contributed by atoms with van der Waals surface area (Å²) < 4.78 is 5.30. The summed E-state index contributed by atoms with van der Waals surface area (Å²) >= 11 is 0. The average Bonchev–Trinajstić information content (AvgIpc) is 2.98. The summed E-state index contributed by atoms with van der Waals surface area (Å²) in [6.45, 7) is 3.88. The van der Waals surface area contributed by atoms with Crippen molar-refractivity contribution in [3.05, 3.63) is 11.4 Å². The van der Waals surface area contributed by atoms with Gasteiger partial charge in [0.05, 0.1) is 23.2 Å². The zero-order valence-corrected chi connectivity index (χ0v) is 11.4. The van der Waals surface area contributed by atoms with E-state index >= 15 is 0 Å². The SMILES string of the molecule is Cc1n[nH]c(C)c1NC(=O)NCC1CCC(C(=O)O)O1. The molecule has 20 heavy (non-hydrogen) atoms. The fourth-order valence-corrected chi connectivity index (χ4v) is 2.14. The van der Waals surface area contributed by atoms with E-state index in [2.05, 4.69) is 20.8 Å². The molecule has 2 atom stereocenters. The summed E-state index contributed by atoms with van der Waals surface area (Å²) in [5.41, 5.74) is 2.14. The van der Waals surface area contributed by atoms with E-state index < -0.39 is 12.1 Å². The second-order valence-electron chi connectivity index (χ2n) is 4.81. The maximum Gasteiger partial charge on any atom is 0.332 e. The number of aliphatic carboxylic acids is 1. The van der Waals surface area contributed by atoms with Gasteiger partial charge >= 0.3 is 12.0 Å². The van der Waals surface area contributed by atoms with E-state index in [0.717, 1.165) is 5.69 Å². The Hall–Kier alpha value is -2.09. The van der Waals surface area contributed by atoms with Gasteiger partial charge in [-0.25, -0.2) is 9.59 Å². The summed E-state index contributed by atoms with van der Waals surface area (Å²) in [6, 6.07) is -0.361. The van der Waals surface area contributed by atoms with Gasteiger partial charge in [0.1, 0.15) is 0 Å². The zero-order chi connectivity index (χ0) is 14.7. The molecular formula is C12H18N4O4. The fourth-order valence-electron chi connectivity index (χ4n) is 2.14. The first-order valence-corrected chi connectivity index (χ1v) is 6.42. The first kappa shape index (κ1) is 14.3. The number of carbonyl (C=O) groups is 2. The number of nitrogens with zero attached hydrogens (tertiary/aromatic N) is 1. The van der Waals surface area contributed by atoms with E-state index in [1.165, 1.54) is 0 Å². The molecule has 1 fully saturated rings. The molecule has 1 aromatic rings. The minimum atomic E-state index is -0.957. The van der Waals surface area contributed by atoms with Gasteiger partial charge in [0.25, 0.3) is 0 Å². The summed E-state index contributed by atoms with van der Waals surface area (Å²) in [7, 11) is 0. The van der Waals surface area contributed by atoms with Gasteiger partial charge in [0.15, 0.2) is 6.10 Å². The van der Waals surface area contributed by atoms with Crippen molar-refractivity contribution in [3.63, 3.8) is 0 Å². The molecule has 0 bridgehead atoms. The van der Waals surface area contributed by atoms with Crippen molar-refractivity contribution in [1.29, 1.82) is 0 Å². The molecule has 4 N–H and O–H groups in total. The third kappa shape index (κ3) is 3.27. The minimum absolute atomic E-state index is 0.256. The van der Waals surface area contributed by atoms with Crippen LogP contribution in [0, 0.1) is 13.8 Å². The van der Waals surface area contributed by atoms with Crippen LogP contribution in [-0.4, -0.2) is 46.1 Å². The average molecular weight is 282 g/mol. The molecule has 8 nitrogen and oxygen atoms in total. The number of hydrogen-bond donors (Lipinski definition) is 4. The molecule has 0 aliphatic carbocycles. The Labute approximate surface area is 115 Å². The number of carboxylic acids is 1. The van der Waals surface area contributed by atoms with Gasteiger partial charge in [0, 0.05) is 6.54 Å². The molecule has 2 rings (SSSR count). The number of carbonyl (C=O) groups excluding carboxylic acids is 1. The van der Waals surface area contributed by atoms with Crippen molar-refractivity contribution in [2.45, 2.75) is 38.9 Å². The lowest BCUT2D eigenvalue weighted by Crippen LogP contribution is -2.36. The van der Waals surface area contributed by atoms with Crippen molar-refractivity contribution in [2.24, 2.45) is 0 Å². The number of anilines is 1. The van der Waals surface area contributed by atoms with Crippen LogP contribution in [0.25, 0.3) is 0 Å². The highest BCUT2D eigenvalue weighted by molar-refractivity contribution is 5.90. The highest BCUT2D eigenvalue weighted by atomic mass is 16.5. The van der Waals surface area contributed by atoms with Gasteiger partial charge in [-0.05, 0) is 26.7 Å². The number of H-pyrrole nitrogens is 1. The van der Waals surface area contributed by atoms with E-state index in [0.29, 0.717) is 24.2 Å². The van der Waals surface area contributed by atoms with Crippen LogP contribution in [-0.2, 0) is 9.53 Å². The van der Waals surface area contributed by atoms with Crippen molar-refractivity contribution >= 4 is 17.7 Å². The van der Waals surface area contributed by atoms with Gasteiger partial charge in [-0.15, -0.1) is 0 Å². The fraction of sp³-hybridized carbons (Fsp3) is 0.583. The first-order valence-electron chi connectivity index (χ1n) is 6.42. The highest BCUT2D eigenvalue weighted by Gasteiger charge is 2.30. The lowest BCUT2D eigenvalue weighted by molar-refractivity contribution is -0.149. The molecule has 0 radical (unpaired) electrons. The van der Waals surface area contributed by atoms with E-state index in [-0.39, 0.29) is 18.7 Å². The number of nitrogens with one attached hydrogen (secondary N) is 3. The number of aryl methyl sites for hydroxylation is 2. The number of aromatic amines is 1. The molecule has 2 unspecified atom stereocenters. The molecule has 110 valence electrons. The minimum Gasteiger partial charge on any atom is -0.479 e. The number of hydrogen-bond acceptors (Lipinski definition) is 4. The second kappa shape index (κ2) is 5.91. The van der Waals surface area contributed by atoms with Crippen LogP contribution >= 0.6 is 0 Å². The van der Waals surface area contributed by atoms with Crippen molar-refractivity contribution in [2.75, 3.05) is 11.9 Å². The van der Waals surface area contributed by atoms with Crippen LogP contribution in [0.2, 0.25) is 0 Å². The monoisotopic (exact) mass is 282 g/mol. The standard InChI is InChI=1S/C12H18N4O4/c1-6-10(7(2)16-15-6)14-12(19)13-5-8-3-4-9(20-8)11(17)18/h8-9H,3-5H2,1-2H3,(H,15,16)(H,17,18)(H2,13,14,19). The van der Waals surface area contributed by atoms with Crippen molar-refractivity contribution in [1.82, 2.24) is 15.5 Å². The van der Waals surface area contributed by atoms with Gasteiger partial charge in [-0.3, -0.25) is 5.10 Å². The molecule has 1 aliphatic heterocycles. The Morgan fingerprint density at radius 2 is 2.20 bits per heavy atom. The van der Waals surface area contributed by atoms with Gasteiger partial charge in [-0.1, -0.05) is 0 Å². The number of rotatable bonds is 4. The van der Waals surface area contributed by atoms with Crippen LogP contribution in [0.4, 0.5) is 10.5 Å². The second-order valence-corrected chi connectivity index (χ2v) is 4.81. The van der Waals surface area contributed by atoms with Gasteiger partial charge < -0.3 is 20.5 Å². The topological polar surface area (TPSA) is 116 Å². The molecule has 1 aromatic heterocycles. The van der Waals surface area contributed by atoms with E-state index in [4.69, 9.17) is 9.84 Å². The maximum atomic E-state index is 11.8. The summed E-state index contributed by atoms with van der Waals surface area (Å²) in [5.74, 6) is -0.957. The molecule has 0 spiro atoms. The van der Waals surface area contributed by atoms with E-state index in [1.807, 2.05) is 6.92 Å². The molecule has 2 heterocycles. The van der Waals surface area contributed by atoms with E-state index in [1.54, 1.807) is 6.92 Å². The predicted octanol–water partition coefficient (Wildman–Crippen LogP) is 0.780. The Kier molecular flexibility index (Phi) is 4.23. The lowest BCUT2D eigenvalue weighted by atomic mass is 10.2. The Balaban J connectivity index is 1.78. The van der Waals surface area contributed by atoms with Gasteiger partial charge in [-0.2, -0.15) is 5.10 Å². The number of aromatic nitrogens is 2. The van der Waals surface area contributed by atoms with Crippen LogP contribution in [0.5, 0.6) is 0 Å². The highest BCUT2D eigenvalue weighted by Crippen LogP contribution is 2.19. The maximum absolute atomic E-state index is 11.8. The Bertz CT molecular complexity index is 494. The van der Waals surface area contributed by atoms with Crippen LogP contribution < -0.4 is 10.6 Å². The van der Waals surface area contributed by atoms with E-state index in [9.17, 15) is 9.59 Å². The summed E-state index contributed by atoms with van der Waals surface area (Å²) in [4.78, 5) is 22.5. The molecule has 0 saturated carbocycles. The molecule has 1 saturated heterocycles. The molecular weight excluding hydrogens is 264 g/mol. The molecule has 2 amide bonds. The van der Waals surface area contributed by atoms with Crippen molar-refractivity contribution < 1.29 is 19.4 Å². The molecule has 8 heteroatoms. The molecule has 1 aliphatic rings. The lowest BCUT2D eigenvalue weighted by Gasteiger charge is -2.13. The predicted molar refractivity (Wildman–Crippen MR) is 70.6 cm³/mol. The smallest absolute Gasteiger partial charge is 0.332 e. The van der Waals surface area contributed by atoms with Crippen molar-refractivity contribution in [3.8, 4) is 0 Å². The Morgan fingerprint density at radius 1 is 1.45 bits per heavy atom. The number of amides is 2. The van der Waals surface area contributed by atoms with Crippen LogP contribution in [0.15, 0.2) is 0 Å². The quantitative estimate of drug-likeness (QED) is 0.651. The zero-order valence-electron chi connectivity index (χ0n) is 11.4. The van der Waals surface area contributed by atoms with Gasteiger partial charge in [0.2, 0.25) is 0 Å². The van der Waals surface area contributed by atoms with Crippen LogP contribution in [0.3, 0.4) is 0 Å². The third-order valence-corrected chi connectivity index (χ3v) is 3.24. The normalized spacial score (nSPS) is 21.7. The Morgan fingerprint density at radius 3 is 2.75 bits per heavy atom. The molecule has 0 aromatic carbocycles. The number of urea groups is 1. The largest absolute Gasteiger partial charge is 0.479 e. The number of ether oxygens (including phenoxy) is 1. The first-order chi connectivity index (χ1) is 9.47. The third-order valence-electron chi connectivity index (χ3n) is 3.24. The summed E-state index contributed by atoms with van der Waals surface area (Å²) in [5, 5.41) is 20.9. The summed E-state index contributed by atoms with van der Waals surface area (Å²) in [6.07, 6.45) is 0.0844.